The van der Waals surface area contributed by atoms with Crippen molar-refractivity contribution >= 4 is 29.9 Å². The first kappa shape index (κ1) is 24.7. The monoisotopic (exact) mass is 525 g/mol. The zero-order valence-electron chi connectivity index (χ0n) is 18.6. The largest absolute Gasteiger partial charge is 0.374 e. The third-order valence-corrected chi connectivity index (χ3v) is 5.45. The molecule has 0 amide bonds. The maximum Gasteiger partial charge on any atom is 0.194 e. The van der Waals surface area contributed by atoms with Crippen molar-refractivity contribution in [1.29, 1.82) is 0 Å². The van der Waals surface area contributed by atoms with E-state index in [-0.39, 0.29) is 30.1 Å². The molecule has 2 atom stereocenters. The second-order valence-electron chi connectivity index (χ2n) is 8.14. The molecule has 3 rings (SSSR count). The van der Waals surface area contributed by atoms with Crippen LogP contribution in [0.3, 0.4) is 0 Å². The highest BCUT2D eigenvalue weighted by molar-refractivity contribution is 14.0. The molecule has 1 aromatic heterocycles. The minimum absolute atomic E-state index is 0. The lowest BCUT2D eigenvalue weighted by molar-refractivity contribution is 0.0657. The van der Waals surface area contributed by atoms with Gasteiger partial charge < -0.3 is 19.5 Å². The van der Waals surface area contributed by atoms with E-state index in [2.05, 4.69) is 77.9 Å². The molecule has 2 unspecified atom stereocenters. The van der Waals surface area contributed by atoms with Gasteiger partial charge in [-0.05, 0) is 44.2 Å². The molecule has 1 aromatic carbocycles. The van der Waals surface area contributed by atoms with Crippen molar-refractivity contribution in [2.45, 2.75) is 59.4 Å². The van der Waals surface area contributed by atoms with Crippen molar-refractivity contribution < 1.29 is 4.74 Å². The van der Waals surface area contributed by atoms with Crippen LogP contribution in [0, 0.1) is 5.92 Å². The Morgan fingerprint density at radius 3 is 2.83 bits per heavy atom. The second kappa shape index (κ2) is 12.3. The van der Waals surface area contributed by atoms with Crippen LogP contribution < -0.4 is 5.32 Å². The Labute approximate surface area is 198 Å². The molecule has 0 bridgehead atoms. The fourth-order valence-corrected chi connectivity index (χ4v) is 3.77. The molecule has 2 heterocycles. The van der Waals surface area contributed by atoms with E-state index in [0.29, 0.717) is 25.1 Å². The van der Waals surface area contributed by atoms with Gasteiger partial charge in [0.1, 0.15) is 0 Å². The molecule has 0 aliphatic carbocycles. The number of hydrogen-bond donors (Lipinski definition) is 1. The van der Waals surface area contributed by atoms with Gasteiger partial charge in [0.05, 0.1) is 31.6 Å². The van der Waals surface area contributed by atoms with E-state index in [1.165, 1.54) is 11.1 Å². The van der Waals surface area contributed by atoms with E-state index in [1.807, 2.05) is 12.5 Å². The fraction of sp³-hybridized carbons (Fsp3) is 0.565. The first-order chi connectivity index (χ1) is 14.1. The number of nitrogens with one attached hydrogen (secondary N) is 1. The van der Waals surface area contributed by atoms with Gasteiger partial charge in [0.15, 0.2) is 5.96 Å². The Kier molecular flexibility index (Phi) is 10.1. The number of nitrogens with zero attached hydrogens (tertiary/aromatic N) is 4. The van der Waals surface area contributed by atoms with Crippen LogP contribution in [-0.4, -0.2) is 46.1 Å². The van der Waals surface area contributed by atoms with E-state index < -0.39 is 0 Å². The highest BCUT2D eigenvalue weighted by Crippen LogP contribution is 2.27. The maximum absolute atomic E-state index is 5.74. The molecule has 0 saturated carbocycles. The molecular weight excluding hydrogens is 489 g/mol. The van der Waals surface area contributed by atoms with Gasteiger partial charge in [-0.25, -0.2) is 9.98 Å². The minimum Gasteiger partial charge on any atom is -0.374 e. The van der Waals surface area contributed by atoms with Crippen molar-refractivity contribution in [3.63, 3.8) is 0 Å². The summed E-state index contributed by atoms with van der Waals surface area (Å²) in [6.07, 6.45) is 7.25. The molecule has 7 heteroatoms. The summed E-state index contributed by atoms with van der Waals surface area (Å²) >= 11 is 0. The van der Waals surface area contributed by atoms with Crippen LogP contribution in [0.5, 0.6) is 0 Å². The van der Waals surface area contributed by atoms with Crippen molar-refractivity contribution in [1.82, 2.24) is 19.8 Å². The summed E-state index contributed by atoms with van der Waals surface area (Å²) in [5.74, 6) is 1.62. The van der Waals surface area contributed by atoms with E-state index in [9.17, 15) is 0 Å². The molecule has 166 valence electrons. The summed E-state index contributed by atoms with van der Waals surface area (Å²) in [4.78, 5) is 11.6. The summed E-state index contributed by atoms with van der Waals surface area (Å²) in [5, 5.41) is 3.48. The lowest BCUT2D eigenvalue weighted by atomic mass is 9.93. The lowest BCUT2D eigenvalue weighted by Gasteiger charge is -2.39. The van der Waals surface area contributed by atoms with Crippen LogP contribution >= 0.6 is 24.0 Å². The van der Waals surface area contributed by atoms with Crippen molar-refractivity contribution in [2.24, 2.45) is 10.9 Å². The SMILES string of the molecule is CCNC(=NCc1cccc(COC(C)C)c1)N1CCC(C)C(n2ccnc2)C1.I. The Morgan fingerprint density at radius 1 is 1.33 bits per heavy atom. The van der Waals surface area contributed by atoms with Crippen LogP contribution in [0.15, 0.2) is 48.0 Å². The number of likely N-dealkylation sites (tertiary alicyclic amines) is 1. The molecule has 30 heavy (non-hydrogen) atoms. The highest BCUT2D eigenvalue weighted by atomic mass is 127. The molecule has 6 nitrogen and oxygen atoms in total. The summed E-state index contributed by atoms with van der Waals surface area (Å²) in [6.45, 7) is 12.7. The Morgan fingerprint density at radius 2 is 2.13 bits per heavy atom. The van der Waals surface area contributed by atoms with E-state index in [0.717, 1.165) is 32.0 Å². The predicted octanol–water partition coefficient (Wildman–Crippen LogP) is 4.47. The van der Waals surface area contributed by atoms with Crippen LogP contribution in [0.2, 0.25) is 0 Å². The number of aliphatic imine (C=N–C) groups is 1. The molecule has 0 spiro atoms. The predicted molar refractivity (Wildman–Crippen MR) is 133 cm³/mol. The normalized spacial score (nSPS) is 19.6. The number of aromatic nitrogens is 2. The molecule has 1 aliphatic heterocycles. The number of hydrogen-bond acceptors (Lipinski definition) is 3. The van der Waals surface area contributed by atoms with Crippen LogP contribution in [-0.2, 0) is 17.9 Å². The van der Waals surface area contributed by atoms with Gasteiger partial charge in [0.25, 0.3) is 0 Å². The lowest BCUT2D eigenvalue weighted by Crippen LogP contribution is -2.49. The summed E-state index contributed by atoms with van der Waals surface area (Å²) in [5.41, 5.74) is 2.41. The van der Waals surface area contributed by atoms with Crippen LogP contribution in [0.25, 0.3) is 0 Å². The van der Waals surface area contributed by atoms with Gasteiger partial charge in [-0.2, -0.15) is 0 Å². The zero-order chi connectivity index (χ0) is 20.6. The van der Waals surface area contributed by atoms with E-state index >= 15 is 0 Å². The van der Waals surface area contributed by atoms with Crippen molar-refractivity contribution in [3.8, 4) is 0 Å². The van der Waals surface area contributed by atoms with Gasteiger partial charge >= 0.3 is 0 Å². The summed E-state index contributed by atoms with van der Waals surface area (Å²) in [7, 11) is 0. The molecule has 2 aromatic rings. The first-order valence-electron chi connectivity index (χ1n) is 10.8. The maximum atomic E-state index is 5.74. The quantitative estimate of drug-likeness (QED) is 0.329. The number of piperidine rings is 1. The molecular formula is C23H36IN5O. The molecule has 1 saturated heterocycles. The average Bonchev–Trinajstić information content (AvgIpc) is 3.25. The fourth-order valence-electron chi connectivity index (χ4n) is 3.77. The van der Waals surface area contributed by atoms with E-state index in [1.54, 1.807) is 0 Å². The van der Waals surface area contributed by atoms with E-state index in [4.69, 9.17) is 9.73 Å². The van der Waals surface area contributed by atoms with Crippen LogP contribution in [0.4, 0.5) is 0 Å². The number of ether oxygens (including phenoxy) is 1. The average molecular weight is 525 g/mol. The Bertz CT molecular complexity index is 778. The van der Waals surface area contributed by atoms with Gasteiger partial charge in [-0.3, -0.25) is 0 Å². The minimum atomic E-state index is 0. The van der Waals surface area contributed by atoms with Crippen LogP contribution in [0.1, 0.15) is 51.3 Å². The molecule has 1 N–H and O–H groups in total. The number of halogens is 1. The smallest absolute Gasteiger partial charge is 0.194 e. The summed E-state index contributed by atoms with van der Waals surface area (Å²) < 4.78 is 7.97. The third-order valence-electron chi connectivity index (χ3n) is 5.45. The highest BCUT2D eigenvalue weighted by Gasteiger charge is 2.28. The van der Waals surface area contributed by atoms with Gasteiger partial charge in [0, 0.05) is 32.0 Å². The summed E-state index contributed by atoms with van der Waals surface area (Å²) in [6, 6.07) is 8.96. The molecule has 1 fully saturated rings. The third kappa shape index (κ3) is 6.97. The number of imidazole rings is 1. The first-order valence-corrected chi connectivity index (χ1v) is 10.8. The second-order valence-corrected chi connectivity index (χ2v) is 8.14. The zero-order valence-corrected chi connectivity index (χ0v) is 21.0. The number of benzene rings is 1. The van der Waals surface area contributed by atoms with Crippen molar-refractivity contribution in [2.75, 3.05) is 19.6 Å². The van der Waals surface area contributed by atoms with Gasteiger partial charge in [-0.1, -0.05) is 31.2 Å². The topological polar surface area (TPSA) is 54.7 Å². The number of guanidine groups is 1. The number of rotatable bonds is 7. The molecule has 1 aliphatic rings. The van der Waals surface area contributed by atoms with Gasteiger partial charge in [-0.15, -0.1) is 24.0 Å². The van der Waals surface area contributed by atoms with Gasteiger partial charge in [0.2, 0.25) is 0 Å². The standard InChI is InChI=1S/C23H35N5O.HI/c1-5-25-23(26-14-20-7-6-8-21(13-20)16-29-18(2)3)27-11-9-19(4)22(15-27)28-12-10-24-17-28;/h6-8,10,12-13,17-19,22H,5,9,11,14-16H2,1-4H3,(H,25,26);1H. The van der Waals surface area contributed by atoms with Crippen molar-refractivity contribution in [3.05, 3.63) is 54.1 Å². The Hall–Kier alpha value is -1.61. The molecule has 0 radical (unpaired) electrons. The Balaban J connectivity index is 0.00000320.